The van der Waals surface area contributed by atoms with E-state index in [1.165, 1.54) is 25.9 Å². The fourth-order valence-electron chi connectivity index (χ4n) is 3.44. The third-order valence-electron chi connectivity index (χ3n) is 4.56. The van der Waals surface area contributed by atoms with Crippen LogP contribution in [0.25, 0.3) is 0 Å². The van der Waals surface area contributed by atoms with Crippen molar-refractivity contribution in [3.63, 3.8) is 0 Å². The van der Waals surface area contributed by atoms with Gasteiger partial charge in [-0.3, -0.25) is 9.78 Å². The van der Waals surface area contributed by atoms with Crippen LogP contribution < -0.4 is 4.90 Å². The number of hydrogen-bond acceptors (Lipinski definition) is 2. The van der Waals surface area contributed by atoms with Gasteiger partial charge in [0.25, 0.3) is 5.91 Å². The Labute approximate surface area is 128 Å². The number of rotatable bonds is 2. The van der Waals surface area contributed by atoms with E-state index in [1.807, 2.05) is 11.0 Å². The Hall–Kier alpha value is -0.940. The van der Waals surface area contributed by atoms with Crippen molar-refractivity contribution in [3.05, 3.63) is 28.5 Å². The van der Waals surface area contributed by atoms with E-state index in [0.29, 0.717) is 5.56 Å². The van der Waals surface area contributed by atoms with Crippen LogP contribution in [0.3, 0.4) is 0 Å². The van der Waals surface area contributed by atoms with Crippen LogP contribution in [0.5, 0.6) is 0 Å². The lowest BCUT2D eigenvalue weighted by atomic mass is 10.0. The first kappa shape index (κ1) is 14.0. The second kappa shape index (κ2) is 6.22. The standard InChI is InChI=1S/C15H20BrN3O/c16-13-9-12(10-17-11-13)15(20)19-7-3-14(4-8-19)18-5-1-2-6-18/h9-11,14H,1-8H2/p+1. The molecule has 3 heterocycles. The van der Waals surface area contributed by atoms with E-state index in [9.17, 15) is 4.79 Å². The van der Waals surface area contributed by atoms with Gasteiger partial charge in [-0.15, -0.1) is 0 Å². The highest BCUT2D eigenvalue weighted by Gasteiger charge is 2.31. The van der Waals surface area contributed by atoms with Gasteiger partial charge in [-0.25, -0.2) is 0 Å². The minimum absolute atomic E-state index is 0.119. The van der Waals surface area contributed by atoms with Crippen LogP contribution in [-0.4, -0.2) is 48.0 Å². The Morgan fingerprint density at radius 2 is 1.95 bits per heavy atom. The summed E-state index contributed by atoms with van der Waals surface area (Å²) in [7, 11) is 0. The molecule has 4 nitrogen and oxygen atoms in total. The zero-order valence-electron chi connectivity index (χ0n) is 11.6. The summed E-state index contributed by atoms with van der Waals surface area (Å²) < 4.78 is 0.861. The number of pyridine rings is 1. The number of nitrogens with zero attached hydrogens (tertiary/aromatic N) is 2. The van der Waals surface area contributed by atoms with Crippen LogP contribution in [0, 0.1) is 0 Å². The molecule has 2 fully saturated rings. The average molecular weight is 339 g/mol. The van der Waals surface area contributed by atoms with Crippen molar-refractivity contribution in [2.24, 2.45) is 0 Å². The molecule has 108 valence electrons. The van der Waals surface area contributed by atoms with Crippen molar-refractivity contribution in [2.45, 2.75) is 31.7 Å². The van der Waals surface area contributed by atoms with Gasteiger partial charge in [-0.05, 0) is 22.0 Å². The largest absolute Gasteiger partial charge is 0.338 e. The molecule has 5 heteroatoms. The molecule has 0 aromatic carbocycles. The second-order valence-corrected chi connectivity index (χ2v) is 6.74. The molecule has 0 aliphatic carbocycles. The molecule has 1 N–H and O–H groups in total. The third-order valence-corrected chi connectivity index (χ3v) is 4.99. The van der Waals surface area contributed by atoms with Crippen LogP contribution in [-0.2, 0) is 0 Å². The molecule has 0 atom stereocenters. The molecule has 1 aromatic heterocycles. The summed E-state index contributed by atoms with van der Waals surface area (Å²) in [6.45, 7) is 4.43. The van der Waals surface area contributed by atoms with E-state index >= 15 is 0 Å². The van der Waals surface area contributed by atoms with Crippen LogP contribution in [0.2, 0.25) is 0 Å². The Balaban J connectivity index is 1.58. The zero-order valence-corrected chi connectivity index (χ0v) is 13.2. The lowest BCUT2D eigenvalue weighted by Crippen LogP contribution is -3.14. The van der Waals surface area contributed by atoms with E-state index in [4.69, 9.17) is 0 Å². The number of halogens is 1. The maximum Gasteiger partial charge on any atom is 0.255 e. The van der Waals surface area contributed by atoms with Gasteiger partial charge in [0.2, 0.25) is 0 Å². The highest BCUT2D eigenvalue weighted by atomic mass is 79.9. The first-order valence-corrected chi connectivity index (χ1v) is 8.28. The van der Waals surface area contributed by atoms with Gasteiger partial charge in [0.15, 0.2) is 0 Å². The molecular formula is C15H21BrN3O+. The summed E-state index contributed by atoms with van der Waals surface area (Å²) in [5, 5.41) is 0. The molecule has 0 bridgehead atoms. The number of hydrogen-bond donors (Lipinski definition) is 1. The van der Waals surface area contributed by atoms with Crippen LogP contribution in [0.4, 0.5) is 0 Å². The molecule has 2 aliphatic rings. The first-order chi connectivity index (χ1) is 9.74. The van der Waals surface area contributed by atoms with Gasteiger partial charge < -0.3 is 9.80 Å². The second-order valence-electron chi connectivity index (χ2n) is 5.82. The molecule has 2 saturated heterocycles. The van der Waals surface area contributed by atoms with Crippen molar-refractivity contribution in [3.8, 4) is 0 Å². The van der Waals surface area contributed by atoms with E-state index in [0.717, 1.165) is 36.4 Å². The fourth-order valence-corrected chi connectivity index (χ4v) is 3.80. The molecule has 0 unspecified atom stereocenters. The van der Waals surface area contributed by atoms with Gasteiger partial charge >= 0.3 is 0 Å². The van der Waals surface area contributed by atoms with Gasteiger partial charge in [0, 0.05) is 55.6 Å². The quantitative estimate of drug-likeness (QED) is 0.877. The van der Waals surface area contributed by atoms with E-state index in [2.05, 4.69) is 20.9 Å². The predicted molar refractivity (Wildman–Crippen MR) is 80.8 cm³/mol. The summed E-state index contributed by atoms with van der Waals surface area (Å²) in [6, 6.07) is 2.62. The Kier molecular flexibility index (Phi) is 4.36. The maximum absolute atomic E-state index is 12.4. The van der Waals surface area contributed by atoms with E-state index in [-0.39, 0.29) is 5.91 Å². The Morgan fingerprint density at radius 3 is 2.60 bits per heavy atom. The highest BCUT2D eigenvalue weighted by Crippen LogP contribution is 2.15. The molecular weight excluding hydrogens is 318 g/mol. The molecule has 2 aliphatic heterocycles. The highest BCUT2D eigenvalue weighted by molar-refractivity contribution is 9.10. The van der Waals surface area contributed by atoms with Gasteiger partial charge in [0.1, 0.15) is 0 Å². The third kappa shape index (κ3) is 3.04. The number of nitrogens with one attached hydrogen (secondary N) is 1. The minimum Gasteiger partial charge on any atom is -0.338 e. The van der Waals surface area contributed by atoms with E-state index in [1.54, 1.807) is 17.3 Å². The minimum atomic E-state index is 0.119. The maximum atomic E-state index is 12.4. The number of carbonyl (C=O) groups excluding carboxylic acids is 1. The van der Waals surface area contributed by atoms with Crippen molar-refractivity contribution in [2.75, 3.05) is 26.2 Å². The van der Waals surface area contributed by atoms with Gasteiger partial charge in [-0.2, -0.15) is 0 Å². The number of aromatic nitrogens is 1. The first-order valence-electron chi connectivity index (χ1n) is 7.48. The lowest BCUT2D eigenvalue weighted by Gasteiger charge is -2.34. The smallest absolute Gasteiger partial charge is 0.255 e. The molecule has 0 radical (unpaired) electrons. The Bertz CT molecular complexity index is 480. The Morgan fingerprint density at radius 1 is 1.25 bits per heavy atom. The molecule has 3 rings (SSSR count). The van der Waals surface area contributed by atoms with Crippen molar-refractivity contribution < 1.29 is 9.69 Å². The number of piperidine rings is 1. The molecule has 20 heavy (non-hydrogen) atoms. The molecule has 1 aromatic rings. The predicted octanol–water partition coefficient (Wildman–Crippen LogP) is 1.13. The summed E-state index contributed by atoms with van der Waals surface area (Å²) in [4.78, 5) is 20.3. The summed E-state index contributed by atoms with van der Waals surface area (Å²) >= 11 is 3.37. The number of amides is 1. The van der Waals surface area contributed by atoms with Crippen molar-refractivity contribution in [1.29, 1.82) is 0 Å². The number of likely N-dealkylation sites (tertiary alicyclic amines) is 2. The summed E-state index contributed by atoms with van der Waals surface area (Å²) in [6.07, 6.45) is 8.39. The van der Waals surface area contributed by atoms with Gasteiger partial charge in [0.05, 0.1) is 24.7 Å². The average Bonchev–Trinajstić information content (AvgIpc) is 3.01. The van der Waals surface area contributed by atoms with Crippen LogP contribution >= 0.6 is 15.9 Å². The fraction of sp³-hybridized carbons (Fsp3) is 0.600. The van der Waals surface area contributed by atoms with Crippen molar-refractivity contribution >= 4 is 21.8 Å². The summed E-state index contributed by atoms with van der Waals surface area (Å²) in [5.74, 6) is 0.119. The van der Waals surface area contributed by atoms with Crippen molar-refractivity contribution in [1.82, 2.24) is 9.88 Å². The molecule has 0 spiro atoms. The van der Waals surface area contributed by atoms with Crippen LogP contribution in [0.1, 0.15) is 36.0 Å². The topological polar surface area (TPSA) is 37.6 Å². The number of carbonyl (C=O) groups is 1. The molecule has 0 saturated carbocycles. The normalized spacial score (nSPS) is 21.4. The van der Waals surface area contributed by atoms with Crippen LogP contribution in [0.15, 0.2) is 22.9 Å². The summed E-state index contributed by atoms with van der Waals surface area (Å²) in [5.41, 5.74) is 0.686. The number of quaternary nitrogens is 1. The lowest BCUT2D eigenvalue weighted by molar-refractivity contribution is -0.914. The monoisotopic (exact) mass is 338 g/mol. The van der Waals surface area contributed by atoms with E-state index < -0.39 is 0 Å². The molecule has 1 amide bonds. The van der Waals surface area contributed by atoms with Gasteiger partial charge in [-0.1, -0.05) is 0 Å². The zero-order chi connectivity index (χ0) is 13.9. The SMILES string of the molecule is O=C(c1cncc(Br)c1)N1CCC([NH+]2CCCC2)CC1.